The first-order valence-electron chi connectivity index (χ1n) is 3.78. The minimum absolute atomic E-state index is 0.101. The van der Waals surface area contributed by atoms with Gasteiger partial charge in [0.05, 0.1) is 4.92 Å². The van der Waals surface area contributed by atoms with E-state index in [4.69, 9.17) is 0 Å². The summed E-state index contributed by atoms with van der Waals surface area (Å²) in [6.45, 7) is 0. The van der Waals surface area contributed by atoms with E-state index in [1.54, 1.807) is 17.1 Å². The van der Waals surface area contributed by atoms with Gasteiger partial charge in [0, 0.05) is 31.9 Å². The van der Waals surface area contributed by atoms with Crippen molar-refractivity contribution in [2.45, 2.75) is 0 Å². The average molecular weight is 181 g/mol. The molecule has 1 N–H and O–H groups in total. The van der Waals surface area contributed by atoms with Gasteiger partial charge in [-0.2, -0.15) is 0 Å². The second-order valence-corrected chi connectivity index (χ2v) is 2.81. The number of rotatable bonds is 3. The van der Waals surface area contributed by atoms with E-state index in [1.165, 1.54) is 12.1 Å². The van der Waals surface area contributed by atoms with E-state index in [1.807, 2.05) is 14.1 Å². The molecule has 5 heteroatoms. The van der Waals surface area contributed by atoms with E-state index in [-0.39, 0.29) is 5.69 Å². The highest BCUT2D eigenvalue weighted by Crippen LogP contribution is 2.15. The Balaban J connectivity index is 2.75. The van der Waals surface area contributed by atoms with E-state index in [0.717, 1.165) is 5.69 Å². The van der Waals surface area contributed by atoms with Crippen LogP contribution in [0.1, 0.15) is 0 Å². The van der Waals surface area contributed by atoms with Crippen LogP contribution in [0.5, 0.6) is 0 Å². The molecule has 0 spiro atoms. The Hall–Kier alpha value is -1.62. The monoisotopic (exact) mass is 181 g/mol. The Kier molecular flexibility index (Phi) is 2.81. The minimum atomic E-state index is -0.417. The molecule has 0 aliphatic heterocycles. The highest BCUT2D eigenvalue weighted by molar-refractivity contribution is 5.47. The van der Waals surface area contributed by atoms with Gasteiger partial charge in [-0.1, -0.05) is 0 Å². The first-order valence-corrected chi connectivity index (χ1v) is 3.78. The van der Waals surface area contributed by atoms with E-state index in [0.29, 0.717) is 0 Å². The normalized spacial score (nSPS) is 10.1. The fraction of sp³-hybridized carbons (Fsp3) is 0.250. The van der Waals surface area contributed by atoms with Crippen LogP contribution in [-0.2, 0) is 0 Å². The summed E-state index contributed by atoms with van der Waals surface area (Å²) in [4.78, 5) is 9.89. The number of hydrogen-bond acceptors (Lipinski definition) is 4. The largest absolute Gasteiger partial charge is 0.319 e. The SMILES string of the molecule is CN(C)Nc1ccc([N+](=O)[O-])cc1. The molecule has 0 radical (unpaired) electrons. The summed E-state index contributed by atoms with van der Waals surface area (Å²) in [5.74, 6) is 0. The molecule has 1 aromatic rings. The number of anilines is 1. The molecule has 0 bridgehead atoms. The van der Waals surface area contributed by atoms with E-state index >= 15 is 0 Å². The summed E-state index contributed by atoms with van der Waals surface area (Å²) < 4.78 is 0. The molecule has 1 rings (SSSR count). The molecule has 0 saturated heterocycles. The zero-order valence-corrected chi connectivity index (χ0v) is 7.52. The number of benzene rings is 1. The Morgan fingerprint density at radius 3 is 2.23 bits per heavy atom. The van der Waals surface area contributed by atoms with E-state index in [2.05, 4.69) is 5.43 Å². The number of nitrogens with one attached hydrogen (secondary N) is 1. The number of nitrogens with zero attached hydrogens (tertiary/aromatic N) is 2. The van der Waals surface area contributed by atoms with Gasteiger partial charge in [-0.25, -0.2) is 5.01 Å². The molecule has 0 saturated carbocycles. The molecular weight excluding hydrogens is 170 g/mol. The Bertz CT molecular complexity index is 295. The molecule has 70 valence electrons. The lowest BCUT2D eigenvalue weighted by Gasteiger charge is -2.12. The molecule has 0 aliphatic rings. The van der Waals surface area contributed by atoms with E-state index in [9.17, 15) is 10.1 Å². The van der Waals surface area contributed by atoms with Crippen molar-refractivity contribution in [2.75, 3.05) is 19.5 Å². The topological polar surface area (TPSA) is 58.4 Å². The van der Waals surface area contributed by atoms with Crippen molar-refractivity contribution in [1.82, 2.24) is 5.01 Å². The predicted octanol–water partition coefficient (Wildman–Crippen LogP) is 1.48. The van der Waals surface area contributed by atoms with Crippen LogP contribution in [0.3, 0.4) is 0 Å². The Labute approximate surface area is 76.1 Å². The highest BCUT2D eigenvalue weighted by atomic mass is 16.6. The molecule has 5 nitrogen and oxygen atoms in total. The van der Waals surface area contributed by atoms with Gasteiger partial charge < -0.3 is 5.43 Å². The lowest BCUT2D eigenvalue weighted by molar-refractivity contribution is -0.384. The molecule has 0 amide bonds. The summed E-state index contributed by atoms with van der Waals surface area (Å²) in [5, 5.41) is 12.1. The summed E-state index contributed by atoms with van der Waals surface area (Å²) in [6.07, 6.45) is 0. The van der Waals surface area contributed by atoms with Gasteiger partial charge in [0.1, 0.15) is 0 Å². The Morgan fingerprint density at radius 1 is 1.31 bits per heavy atom. The number of hydrazine groups is 1. The maximum atomic E-state index is 10.3. The molecule has 0 fully saturated rings. The maximum Gasteiger partial charge on any atom is 0.269 e. The smallest absolute Gasteiger partial charge is 0.269 e. The maximum absolute atomic E-state index is 10.3. The molecule has 0 aromatic heterocycles. The highest BCUT2D eigenvalue weighted by Gasteiger charge is 2.03. The zero-order chi connectivity index (χ0) is 9.84. The van der Waals surface area contributed by atoms with Gasteiger partial charge in [0.15, 0.2) is 0 Å². The van der Waals surface area contributed by atoms with Crippen LogP contribution in [0.15, 0.2) is 24.3 Å². The van der Waals surface area contributed by atoms with Crippen LogP contribution >= 0.6 is 0 Å². The van der Waals surface area contributed by atoms with Gasteiger partial charge in [-0.05, 0) is 12.1 Å². The van der Waals surface area contributed by atoms with Crippen LogP contribution < -0.4 is 5.43 Å². The van der Waals surface area contributed by atoms with Gasteiger partial charge in [0.25, 0.3) is 5.69 Å². The quantitative estimate of drug-likeness (QED) is 0.566. The van der Waals surface area contributed by atoms with Crippen molar-refractivity contribution >= 4 is 11.4 Å². The third-order valence-electron chi connectivity index (χ3n) is 1.43. The second kappa shape index (κ2) is 3.86. The first kappa shape index (κ1) is 9.47. The molecule has 0 heterocycles. The molecule has 13 heavy (non-hydrogen) atoms. The number of nitro benzene ring substituents is 1. The molecule has 1 aromatic carbocycles. The first-order chi connectivity index (χ1) is 6.09. The summed E-state index contributed by atoms with van der Waals surface area (Å²) in [7, 11) is 3.70. The lowest BCUT2D eigenvalue weighted by Crippen LogP contribution is -2.19. The van der Waals surface area contributed by atoms with Crippen LogP contribution in [0, 0.1) is 10.1 Å². The summed E-state index contributed by atoms with van der Waals surface area (Å²) >= 11 is 0. The standard InChI is InChI=1S/C8H11N3O2/c1-10(2)9-7-3-5-8(6-4-7)11(12)13/h3-6,9H,1-2H3. The van der Waals surface area contributed by atoms with Crippen molar-refractivity contribution in [3.8, 4) is 0 Å². The van der Waals surface area contributed by atoms with Crippen molar-refractivity contribution in [2.24, 2.45) is 0 Å². The van der Waals surface area contributed by atoms with Crippen LogP contribution in [0.4, 0.5) is 11.4 Å². The van der Waals surface area contributed by atoms with Crippen LogP contribution in [0.25, 0.3) is 0 Å². The number of nitro groups is 1. The fourth-order valence-corrected chi connectivity index (χ4v) is 0.916. The molecule has 0 aliphatic carbocycles. The van der Waals surface area contributed by atoms with Gasteiger partial charge >= 0.3 is 0 Å². The minimum Gasteiger partial charge on any atom is -0.319 e. The van der Waals surface area contributed by atoms with E-state index < -0.39 is 4.92 Å². The number of hydrogen-bond donors (Lipinski definition) is 1. The third kappa shape index (κ3) is 2.72. The summed E-state index contributed by atoms with van der Waals surface area (Å²) in [6, 6.07) is 6.26. The van der Waals surface area contributed by atoms with Gasteiger partial charge in [-0.15, -0.1) is 0 Å². The van der Waals surface area contributed by atoms with Gasteiger partial charge in [0.2, 0.25) is 0 Å². The number of non-ortho nitro benzene ring substituents is 1. The van der Waals surface area contributed by atoms with Crippen LogP contribution in [0.2, 0.25) is 0 Å². The molecule has 0 atom stereocenters. The zero-order valence-electron chi connectivity index (χ0n) is 7.52. The van der Waals surface area contributed by atoms with Gasteiger partial charge in [-0.3, -0.25) is 10.1 Å². The summed E-state index contributed by atoms with van der Waals surface area (Å²) in [5.41, 5.74) is 3.91. The molecular formula is C8H11N3O2. The predicted molar refractivity (Wildman–Crippen MR) is 50.4 cm³/mol. The van der Waals surface area contributed by atoms with Crippen molar-refractivity contribution in [3.63, 3.8) is 0 Å². The third-order valence-corrected chi connectivity index (χ3v) is 1.43. The molecule has 0 unspecified atom stereocenters. The lowest BCUT2D eigenvalue weighted by atomic mass is 10.3. The van der Waals surface area contributed by atoms with Crippen molar-refractivity contribution in [3.05, 3.63) is 34.4 Å². The fourth-order valence-electron chi connectivity index (χ4n) is 0.916. The van der Waals surface area contributed by atoms with Crippen molar-refractivity contribution in [1.29, 1.82) is 0 Å². The second-order valence-electron chi connectivity index (χ2n) is 2.81. The van der Waals surface area contributed by atoms with Crippen molar-refractivity contribution < 1.29 is 4.92 Å². The van der Waals surface area contributed by atoms with Crippen LogP contribution in [-0.4, -0.2) is 24.0 Å². The average Bonchev–Trinajstić information content (AvgIpc) is 2.04. The Morgan fingerprint density at radius 2 is 1.85 bits per heavy atom.